The van der Waals surface area contributed by atoms with E-state index in [-0.39, 0.29) is 11.7 Å². The Labute approximate surface area is 131 Å². The summed E-state index contributed by atoms with van der Waals surface area (Å²) in [6.45, 7) is -2.52. The molecule has 0 spiro atoms. The minimum Gasteiger partial charge on any atom is -0.435 e. The molecule has 22 heavy (non-hydrogen) atoms. The summed E-state index contributed by atoms with van der Waals surface area (Å²) < 4.78 is 28.8. The molecule has 0 aliphatic carbocycles. The number of hydrogen-bond donors (Lipinski definition) is 1. The molecule has 0 atom stereocenters. The van der Waals surface area contributed by atoms with Crippen LogP contribution in [0.3, 0.4) is 0 Å². The average Bonchev–Trinajstić information content (AvgIpc) is 2.48. The van der Waals surface area contributed by atoms with Gasteiger partial charge >= 0.3 is 6.61 Å². The van der Waals surface area contributed by atoms with Gasteiger partial charge in [-0.05, 0) is 29.8 Å². The van der Waals surface area contributed by atoms with Crippen LogP contribution in [0.25, 0.3) is 0 Å². The molecule has 1 aromatic carbocycles. The Morgan fingerprint density at radius 2 is 2.00 bits per heavy atom. The number of hydrogen-bond acceptors (Lipinski definition) is 3. The highest BCUT2D eigenvalue weighted by Crippen LogP contribution is 2.16. The standard InChI is InChI=1S/C15H14F2N2O2S/c1-19(14(20)12-3-2-8-18-13(12)22)9-10-4-6-11(7-5-10)21-15(16)17/h2-8,15H,9H2,1H3,(H,18,22). The van der Waals surface area contributed by atoms with Gasteiger partial charge in [-0.15, -0.1) is 0 Å². The monoisotopic (exact) mass is 324 g/mol. The maximum Gasteiger partial charge on any atom is 0.387 e. The Hall–Kier alpha value is -2.28. The van der Waals surface area contributed by atoms with Gasteiger partial charge in [0.2, 0.25) is 0 Å². The summed E-state index contributed by atoms with van der Waals surface area (Å²) in [6, 6.07) is 9.49. The van der Waals surface area contributed by atoms with Gasteiger partial charge in [-0.2, -0.15) is 8.78 Å². The first-order valence-electron chi connectivity index (χ1n) is 6.44. The zero-order valence-corrected chi connectivity index (χ0v) is 12.6. The summed E-state index contributed by atoms with van der Waals surface area (Å²) >= 11 is 5.08. The van der Waals surface area contributed by atoms with Gasteiger partial charge in [0, 0.05) is 19.8 Å². The lowest BCUT2D eigenvalue weighted by molar-refractivity contribution is -0.0498. The fourth-order valence-electron chi connectivity index (χ4n) is 1.92. The quantitative estimate of drug-likeness (QED) is 0.855. The second kappa shape index (κ2) is 7.13. The molecule has 4 nitrogen and oxygen atoms in total. The van der Waals surface area contributed by atoms with E-state index in [0.717, 1.165) is 5.56 Å². The van der Waals surface area contributed by atoms with Crippen LogP contribution in [0.4, 0.5) is 8.78 Å². The molecule has 0 saturated heterocycles. The van der Waals surface area contributed by atoms with E-state index >= 15 is 0 Å². The van der Waals surface area contributed by atoms with Gasteiger partial charge in [0.25, 0.3) is 5.91 Å². The van der Waals surface area contributed by atoms with Crippen molar-refractivity contribution >= 4 is 18.1 Å². The van der Waals surface area contributed by atoms with Gasteiger partial charge in [-0.3, -0.25) is 4.79 Å². The van der Waals surface area contributed by atoms with E-state index in [9.17, 15) is 13.6 Å². The van der Waals surface area contributed by atoms with Crippen LogP contribution in [0.2, 0.25) is 0 Å². The molecule has 1 amide bonds. The molecule has 0 unspecified atom stereocenters. The molecule has 2 rings (SSSR count). The van der Waals surface area contributed by atoms with E-state index in [4.69, 9.17) is 12.2 Å². The molecule has 7 heteroatoms. The third-order valence-electron chi connectivity index (χ3n) is 2.96. The number of benzene rings is 1. The largest absolute Gasteiger partial charge is 0.435 e. The van der Waals surface area contributed by atoms with Crippen LogP contribution in [0.5, 0.6) is 5.75 Å². The van der Waals surface area contributed by atoms with Crippen molar-refractivity contribution in [1.29, 1.82) is 0 Å². The number of nitrogens with one attached hydrogen (secondary N) is 1. The molecule has 2 aromatic rings. The highest BCUT2D eigenvalue weighted by molar-refractivity contribution is 7.71. The van der Waals surface area contributed by atoms with E-state index in [1.807, 2.05) is 0 Å². The van der Waals surface area contributed by atoms with Gasteiger partial charge < -0.3 is 14.6 Å². The van der Waals surface area contributed by atoms with E-state index < -0.39 is 6.61 Å². The number of carbonyl (C=O) groups excluding carboxylic acids is 1. The van der Waals surface area contributed by atoms with E-state index in [2.05, 4.69) is 9.72 Å². The number of nitrogens with zero attached hydrogens (tertiary/aromatic N) is 1. The molecule has 0 fully saturated rings. The predicted octanol–water partition coefficient (Wildman–Crippen LogP) is 3.62. The first-order chi connectivity index (χ1) is 10.5. The number of alkyl halides is 2. The van der Waals surface area contributed by atoms with Crippen molar-refractivity contribution in [3.63, 3.8) is 0 Å². The van der Waals surface area contributed by atoms with Crippen LogP contribution in [-0.2, 0) is 6.54 Å². The van der Waals surface area contributed by atoms with Crippen molar-refractivity contribution in [1.82, 2.24) is 9.88 Å². The van der Waals surface area contributed by atoms with Gasteiger partial charge in [-0.1, -0.05) is 24.4 Å². The van der Waals surface area contributed by atoms with E-state index in [1.54, 1.807) is 37.5 Å². The first kappa shape index (κ1) is 16.1. The minimum absolute atomic E-state index is 0.0817. The van der Waals surface area contributed by atoms with Crippen LogP contribution < -0.4 is 4.74 Å². The fraction of sp³-hybridized carbons (Fsp3) is 0.200. The number of amides is 1. The van der Waals surface area contributed by atoms with Crippen molar-refractivity contribution in [2.24, 2.45) is 0 Å². The van der Waals surface area contributed by atoms with Crippen molar-refractivity contribution in [2.45, 2.75) is 13.2 Å². The number of aromatic nitrogens is 1. The van der Waals surface area contributed by atoms with Crippen LogP contribution in [0.15, 0.2) is 42.6 Å². The molecule has 0 saturated carbocycles. The highest BCUT2D eigenvalue weighted by atomic mass is 32.1. The first-order valence-corrected chi connectivity index (χ1v) is 6.85. The van der Waals surface area contributed by atoms with Crippen molar-refractivity contribution in [3.8, 4) is 5.75 Å². The Morgan fingerprint density at radius 1 is 1.32 bits per heavy atom. The lowest BCUT2D eigenvalue weighted by atomic mass is 10.2. The lowest BCUT2D eigenvalue weighted by Gasteiger charge is -2.17. The van der Waals surface area contributed by atoms with Gasteiger partial charge in [-0.25, -0.2) is 0 Å². The molecule has 0 radical (unpaired) electrons. The normalized spacial score (nSPS) is 10.5. The van der Waals surface area contributed by atoms with Crippen LogP contribution in [-0.4, -0.2) is 29.5 Å². The number of aromatic amines is 1. The summed E-state index contributed by atoms with van der Waals surface area (Å²) in [5.41, 5.74) is 1.21. The van der Waals surface area contributed by atoms with E-state index in [1.165, 1.54) is 17.0 Å². The lowest BCUT2D eigenvalue weighted by Crippen LogP contribution is -2.26. The summed E-state index contributed by atoms with van der Waals surface area (Å²) in [7, 11) is 1.65. The number of rotatable bonds is 5. The average molecular weight is 324 g/mol. The smallest absolute Gasteiger partial charge is 0.387 e. The molecule has 0 aliphatic rings. The van der Waals surface area contributed by atoms with Gasteiger partial charge in [0.1, 0.15) is 10.4 Å². The third kappa shape index (κ3) is 4.11. The number of H-pyrrole nitrogens is 1. The topological polar surface area (TPSA) is 45.3 Å². The van der Waals surface area contributed by atoms with Crippen molar-refractivity contribution in [2.75, 3.05) is 7.05 Å². The molecule has 0 aliphatic heterocycles. The van der Waals surface area contributed by atoms with Crippen LogP contribution >= 0.6 is 12.2 Å². The predicted molar refractivity (Wildman–Crippen MR) is 80.5 cm³/mol. The second-order valence-electron chi connectivity index (χ2n) is 4.60. The Balaban J connectivity index is 2.05. The van der Waals surface area contributed by atoms with E-state index in [0.29, 0.717) is 16.7 Å². The number of pyridine rings is 1. The maximum absolute atomic E-state index is 12.3. The summed E-state index contributed by atoms with van der Waals surface area (Å²) in [5, 5.41) is 0. The fourth-order valence-corrected chi connectivity index (χ4v) is 2.14. The summed E-state index contributed by atoms with van der Waals surface area (Å²) in [6.07, 6.45) is 1.65. The van der Waals surface area contributed by atoms with Gasteiger partial charge in [0.05, 0.1) is 5.56 Å². The van der Waals surface area contributed by atoms with Crippen LogP contribution in [0.1, 0.15) is 15.9 Å². The molecular weight excluding hydrogens is 310 g/mol. The summed E-state index contributed by atoms with van der Waals surface area (Å²) in [4.78, 5) is 16.6. The van der Waals surface area contributed by atoms with Crippen LogP contribution in [0, 0.1) is 4.64 Å². The second-order valence-corrected chi connectivity index (χ2v) is 5.00. The zero-order valence-electron chi connectivity index (χ0n) is 11.8. The molecule has 1 heterocycles. The Kier molecular flexibility index (Phi) is 5.21. The van der Waals surface area contributed by atoms with Crippen molar-refractivity contribution in [3.05, 3.63) is 58.4 Å². The SMILES string of the molecule is CN(Cc1ccc(OC(F)F)cc1)C(=O)c1ccc[nH]c1=S. The molecule has 0 bridgehead atoms. The molecule has 1 N–H and O–H groups in total. The third-order valence-corrected chi connectivity index (χ3v) is 3.30. The van der Waals surface area contributed by atoms with Gasteiger partial charge in [0.15, 0.2) is 0 Å². The number of carbonyl (C=O) groups is 1. The Morgan fingerprint density at radius 3 is 2.59 bits per heavy atom. The number of halogens is 2. The number of ether oxygens (including phenoxy) is 1. The summed E-state index contributed by atoms with van der Waals surface area (Å²) in [5.74, 6) is -0.131. The molecule has 1 aromatic heterocycles. The Bertz CT molecular complexity index is 701. The molecular formula is C15H14F2N2O2S. The van der Waals surface area contributed by atoms with Crippen molar-refractivity contribution < 1.29 is 18.3 Å². The highest BCUT2D eigenvalue weighted by Gasteiger charge is 2.13. The zero-order chi connectivity index (χ0) is 16.1. The molecule has 116 valence electrons. The maximum atomic E-state index is 12.3. The minimum atomic E-state index is -2.85.